The Labute approximate surface area is 175 Å². The Morgan fingerprint density at radius 1 is 0.700 bits per heavy atom. The van der Waals surface area contributed by atoms with E-state index >= 15 is 0 Å². The van der Waals surface area contributed by atoms with Crippen molar-refractivity contribution in [2.24, 2.45) is 0 Å². The molecule has 0 saturated heterocycles. The van der Waals surface area contributed by atoms with E-state index in [9.17, 15) is 9.90 Å². The van der Waals surface area contributed by atoms with E-state index in [2.05, 4.69) is 0 Å². The summed E-state index contributed by atoms with van der Waals surface area (Å²) in [6.45, 7) is 0. The molecule has 1 N–H and O–H groups in total. The van der Waals surface area contributed by atoms with E-state index in [0.29, 0.717) is 17.1 Å². The number of phenolic OH excluding ortho intramolecular Hbond substituents is 1. The van der Waals surface area contributed by atoms with E-state index in [0.717, 1.165) is 22.3 Å². The molecule has 0 aliphatic carbocycles. The second-order valence-corrected chi connectivity index (χ2v) is 6.72. The molecule has 4 aromatic carbocycles. The molecule has 148 valence electrons. The van der Waals surface area contributed by atoms with Gasteiger partial charge in [0.1, 0.15) is 17.2 Å². The van der Waals surface area contributed by atoms with Crippen LogP contribution in [0.3, 0.4) is 0 Å². The van der Waals surface area contributed by atoms with Crippen LogP contribution in [0.25, 0.3) is 22.3 Å². The summed E-state index contributed by atoms with van der Waals surface area (Å²) in [6.07, 6.45) is 0. The van der Waals surface area contributed by atoms with Crippen LogP contribution in [0.1, 0.15) is 10.4 Å². The van der Waals surface area contributed by atoms with Crippen LogP contribution in [0.2, 0.25) is 0 Å². The van der Waals surface area contributed by atoms with Gasteiger partial charge in [-0.15, -0.1) is 0 Å². The first-order valence-corrected chi connectivity index (χ1v) is 9.50. The van der Waals surface area contributed by atoms with Crippen LogP contribution in [0, 0.1) is 0 Å². The monoisotopic (exact) mass is 396 g/mol. The van der Waals surface area contributed by atoms with Gasteiger partial charge in [-0.3, -0.25) is 0 Å². The van der Waals surface area contributed by atoms with Crippen molar-refractivity contribution in [3.05, 3.63) is 103 Å². The van der Waals surface area contributed by atoms with Crippen LogP contribution in [0.4, 0.5) is 0 Å². The van der Waals surface area contributed by atoms with Gasteiger partial charge in [0, 0.05) is 11.1 Å². The molecule has 4 heteroatoms. The smallest absolute Gasteiger partial charge is 0.343 e. The molecule has 4 nitrogen and oxygen atoms in total. The van der Waals surface area contributed by atoms with E-state index in [-0.39, 0.29) is 5.75 Å². The molecule has 0 amide bonds. The molecule has 0 radical (unpaired) electrons. The Kier molecular flexibility index (Phi) is 5.48. The summed E-state index contributed by atoms with van der Waals surface area (Å²) in [5.74, 6) is 0.906. The minimum atomic E-state index is -0.411. The molecule has 30 heavy (non-hydrogen) atoms. The van der Waals surface area contributed by atoms with Crippen molar-refractivity contribution in [1.82, 2.24) is 0 Å². The van der Waals surface area contributed by atoms with Gasteiger partial charge in [0.2, 0.25) is 0 Å². The quantitative estimate of drug-likeness (QED) is 0.334. The second kappa shape index (κ2) is 8.53. The zero-order valence-corrected chi connectivity index (χ0v) is 16.4. The van der Waals surface area contributed by atoms with Gasteiger partial charge in [-0.25, -0.2) is 4.79 Å². The molecule has 0 aromatic heterocycles. The highest BCUT2D eigenvalue weighted by molar-refractivity contribution is 5.92. The highest BCUT2D eigenvalue weighted by Gasteiger charge is 2.14. The van der Waals surface area contributed by atoms with Crippen LogP contribution in [-0.2, 0) is 0 Å². The predicted molar refractivity (Wildman–Crippen MR) is 117 cm³/mol. The number of aromatic hydroxyl groups is 1. The van der Waals surface area contributed by atoms with Crippen molar-refractivity contribution in [3.63, 3.8) is 0 Å². The van der Waals surface area contributed by atoms with Crippen LogP contribution in [-0.4, -0.2) is 18.2 Å². The van der Waals surface area contributed by atoms with Crippen LogP contribution in [0.5, 0.6) is 17.2 Å². The molecule has 0 fully saturated rings. The molecule has 0 spiro atoms. The highest BCUT2D eigenvalue weighted by Crippen LogP contribution is 2.38. The Morgan fingerprint density at radius 3 is 2.17 bits per heavy atom. The number of carbonyl (C=O) groups excluding carboxylic acids is 1. The molecule has 0 unspecified atom stereocenters. The third kappa shape index (κ3) is 4.03. The number of rotatable bonds is 5. The molecule has 0 aliphatic heterocycles. The van der Waals surface area contributed by atoms with E-state index in [4.69, 9.17) is 9.47 Å². The number of hydrogen-bond donors (Lipinski definition) is 1. The summed E-state index contributed by atoms with van der Waals surface area (Å²) < 4.78 is 11.3. The Morgan fingerprint density at radius 2 is 1.40 bits per heavy atom. The molecule has 0 aliphatic rings. The molecule has 0 bridgehead atoms. The summed E-state index contributed by atoms with van der Waals surface area (Å²) >= 11 is 0. The number of phenols is 1. The average Bonchev–Trinajstić information content (AvgIpc) is 2.79. The van der Waals surface area contributed by atoms with Gasteiger partial charge < -0.3 is 14.6 Å². The topological polar surface area (TPSA) is 55.8 Å². The summed E-state index contributed by atoms with van der Waals surface area (Å²) in [5, 5.41) is 9.80. The van der Waals surface area contributed by atoms with Crippen molar-refractivity contribution in [1.29, 1.82) is 0 Å². The largest absolute Gasteiger partial charge is 0.508 e. The number of carbonyl (C=O) groups is 1. The molecule has 4 rings (SSSR count). The van der Waals surface area contributed by atoms with Crippen LogP contribution >= 0.6 is 0 Å². The molecular formula is C26H20O4. The number of para-hydroxylation sites is 1. The van der Waals surface area contributed by atoms with Crippen molar-refractivity contribution >= 4 is 5.97 Å². The lowest BCUT2D eigenvalue weighted by Crippen LogP contribution is -2.08. The van der Waals surface area contributed by atoms with Gasteiger partial charge >= 0.3 is 5.97 Å². The fourth-order valence-electron chi connectivity index (χ4n) is 3.30. The summed E-state index contributed by atoms with van der Waals surface area (Å²) in [4.78, 5) is 12.5. The van der Waals surface area contributed by atoms with Crippen molar-refractivity contribution in [3.8, 4) is 39.5 Å². The third-order valence-electron chi connectivity index (χ3n) is 4.77. The van der Waals surface area contributed by atoms with Gasteiger partial charge in [-0.05, 0) is 47.5 Å². The molecule has 0 saturated carbocycles. The first-order valence-electron chi connectivity index (χ1n) is 9.50. The third-order valence-corrected chi connectivity index (χ3v) is 4.77. The lowest BCUT2D eigenvalue weighted by atomic mass is 9.98. The van der Waals surface area contributed by atoms with Gasteiger partial charge in [0.15, 0.2) is 0 Å². The van der Waals surface area contributed by atoms with Gasteiger partial charge in [-0.1, -0.05) is 60.7 Å². The van der Waals surface area contributed by atoms with E-state index < -0.39 is 5.97 Å². The number of esters is 1. The summed E-state index contributed by atoms with van der Waals surface area (Å²) in [5.41, 5.74) is 3.83. The Balaban J connectivity index is 1.70. The van der Waals surface area contributed by atoms with Gasteiger partial charge in [-0.2, -0.15) is 0 Å². The minimum Gasteiger partial charge on any atom is -0.508 e. The predicted octanol–water partition coefficient (Wildman–Crippen LogP) is 5.95. The van der Waals surface area contributed by atoms with Crippen molar-refractivity contribution < 1.29 is 19.4 Å². The number of methoxy groups -OCH3 is 1. The lowest BCUT2D eigenvalue weighted by molar-refractivity contribution is 0.0735. The SMILES string of the molecule is COc1cc(-c2ccccc2OC(=O)c2ccccc2)ccc1-c1cccc(O)c1. The second-order valence-electron chi connectivity index (χ2n) is 6.72. The van der Waals surface area contributed by atoms with E-state index in [1.54, 1.807) is 55.6 Å². The zero-order valence-electron chi connectivity index (χ0n) is 16.4. The Hall–Kier alpha value is -4.05. The van der Waals surface area contributed by atoms with E-state index in [1.807, 2.05) is 48.5 Å². The fourth-order valence-corrected chi connectivity index (χ4v) is 3.30. The van der Waals surface area contributed by atoms with Crippen LogP contribution < -0.4 is 9.47 Å². The number of benzene rings is 4. The maximum atomic E-state index is 12.5. The normalized spacial score (nSPS) is 10.4. The molecule has 0 atom stereocenters. The minimum absolute atomic E-state index is 0.191. The number of ether oxygens (including phenoxy) is 2. The maximum Gasteiger partial charge on any atom is 0.343 e. The molecular weight excluding hydrogens is 376 g/mol. The number of hydrogen-bond acceptors (Lipinski definition) is 4. The first kappa shape index (κ1) is 19.3. The van der Waals surface area contributed by atoms with Crippen molar-refractivity contribution in [2.45, 2.75) is 0 Å². The van der Waals surface area contributed by atoms with E-state index in [1.165, 1.54) is 0 Å². The van der Waals surface area contributed by atoms with Gasteiger partial charge in [0.05, 0.1) is 12.7 Å². The fraction of sp³-hybridized carbons (Fsp3) is 0.0385. The first-order chi connectivity index (χ1) is 14.7. The lowest BCUT2D eigenvalue weighted by Gasteiger charge is -2.14. The average molecular weight is 396 g/mol. The molecule has 0 heterocycles. The van der Waals surface area contributed by atoms with Gasteiger partial charge in [0.25, 0.3) is 0 Å². The highest BCUT2D eigenvalue weighted by atomic mass is 16.5. The maximum absolute atomic E-state index is 12.5. The zero-order chi connectivity index (χ0) is 20.9. The molecule has 4 aromatic rings. The van der Waals surface area contributed by atoms with Crippen molar-refractivity contribution in [2.75, 3.05) is 7.11 Å². The van der Waals surface area contributed by atoms with Crippen LogP contribution in [0.15, 0.2) is 97.1 Å². The standard InChI is InChI=1S/C26H20O4/c1-29-25-17-20(14-15-23(25)19-10-7-11-21(27)16-19)22-12-5-6-13-24(22)30-26(28)18-8-3-2-4-9-18/h2-17,27H,1H3. The Bertz CT molecular complexity index is 1180. The summed E-state index contributed by atoms with van der Waals surface area (Å²) in [7, 11) is 1.60. The summed E-state index contributed by atoms with van der Waals surface area (Å²) in [6, 6.07) is 29.1.